The third-order valence-electron chi connectivity index (χ3n) is 6.08. The zero-order valence-electron chi connectivity index (χ0n) is 16.9. The number of piperidine rings is 1. The van der Waals surface area contributed by atoms with E-state index in [-0.39, 0.29) is 5.92 Å². The second-order valence-corrected chi connectivity index (χ2v) is 8.08. The third-order valence-corrected chi connectivity index (χ3v) is 6.08. The van der Waals surface area contributed by atoms with Gasteiger partial charge in [0.25, 0.3) is 0 Å². The monoisotopic (exact) mass is 394 g/mol. The summed E-state index contributed by atoms with van der Waals surface area (Å²) in [7, 11) is 0. The first-order valence-corrected chi connectivity index (χ1v) is 10.8. The quantitative estimate of drug-likeness (QED) is 0.807. The van der Waals surface area contributed by atoms with Gasteiger partial charge < -0.3 is 15.0 Å². The number of rotatable bonds is 6. The molecule has 2 aliphatic rings. The molecule has 4 rings (SSSR count). The van der Waals surface area contributed by atoms with Gasteiger partial charge in [0.2, 0.25) is 5.91 Å². The fourth-order valence-electron chi connectivity index (χ4n) is 4.28. The summed E-state index contributed by atoms with van der Waals surface area (Å²) in [6.07, 6.45) is 9.81. The zero-order valence-corrected chi connectivity index (χ0v) is 16.9. The largest absolute Gasteiger partial charge is 0.381 e. The van der Waals surface area contributed by atoms with E-state index in [1.807, 2.05) is 24.4 Å². The molecule has 4 heterocycles. The number of likely N-dealkylation sites (tertiary alicyclic amines) is 1. The Balaban J connectivity index is 1.23. The van der Waals surface area contributed by atoms with Crippen molar-refractivity contribution in [2.45, 2.75) is 38.5 Å². The lowest BCUT2D eigenvalue weighted by Crippen LogP contribution is -2.43. The van der Waals surface area contributed by atoms with Gasteiger partial charge in [0.05, 0.1) is 0 Å². The normalized spacial score (nSPS) is 18.6. The minimum atomic E-state index is 0.183. The number of amides is 1. The number of carbonyl (C=O) groups excluding carboxylic acids is 1. The third kappa shape index (κ3) is 5.54. The van der Waals surface area contributed by atoms with E-state index < -0.39 is 0 Å². The molecule has 2 saturated heterocycles. The molecule has 1 amide bonds. The molecule has 0 saturated carbocycles. The Kier molecular flexibility index (Phi) is 6.72. The molecule has 0 atom stereocenters. The Bertz CT molecular complexity index is 784. The molecular formula is C23H30N4O2. The van der Waals surface area contributed by atoms with E-state index >= 15 is 0 Å². The first-order valence-electron chi connectivity index (χ1n) is 10.8. The average molecular weight is 395 g/mol. The van der Waals surface area contributed by atoms with Crippen LogP contribution in [0, 0.1) is 11.8 Å². The number of carbonyl (C=O) groups is 1. The summed E-state index contributed by atoms with van der Waals surface area (Å²) in [6.45, 7) is 3.28. The molecular weight excluding hydrogens is 364 g/mol. The summed E-state index contributed by atoms with van der Waals surface area (Å²) in [4.78, 5) is 23.5. The first-order chi connectivity index (χ1) is 14.3. The van der Waals surface area contributed by atoms with Gasteiger partial charge in [-0.25, -0.2) is 9.97 Å². The summed E-state index contributed by atoms with van der Waals surface area (Å²) in [5, 5.41) is 3.26. The Morgan fingerprint density at radius 2 is 1.83 bits per heavy atom. The second kappa shape index (κ2) is 9.83. The molecule has 0 aliphatic carbocycles. The maximum atomic E-state index is 12.7. The summed E-state index contributed by atoms with van der Waals surface area (Å²) < 4.78 is 5.39. The topological polar surface area (TPSA) is 67.3 Å². The number of anilines is 2. The van der Waals surface area contributed by atoms with Gasteiger partial charge in [0.15, 0.2) is 0 Å². The van der Waals surface area contributed by atoms with Crippen LogP contribution in [0.3, 0.4) is 0 Å². The molecule has 2 aliphatic heterocycles. The molecule has 154 valence electrons. The second-order valence-electron chi connectivity index (χ2n) is 8.08. The maximum absolute atomic E-state index is 12.7. The molecule has 2 fully saturated rings. The van der Waals surface area contributed by atoms with Gasteiger partial charge in [-0.1, -0.05) is 6.07 Å². The predicted octanol–water partition coefficient (Wildman–Crippen LogP) is 3.82. The molecule has 2 aromatic heterocycles. The SMILES string of the molecule is O=C(C1CCOCC1)N1CCC(CCc2ccnc(Nc3ccccn3)c2)CC1. The van der Waals surface area contributed by atoms with E-state index in [0.717, 1.165) is 76.5 Å². The van der Waals surface area contributed by atoms with Gasteiger partial charge in [-0.3, -0.25) is 4.79 Å². The summed E-state index contributed by atoms with van der Waals surface area (Å²) in [6, 6.07) is 9.99. The summed E-state index contributed by atoms with van der Waals surface area (Å²) >= 11 is 0. The molecule has 0 radical (unpaired) electrons. The highest BCUT2D eigenvalue weighted by Crippen LogP contribution is 2.26. The van der Waals surface area contributed by atoms with Crippen LogP contribution in [-0.4, -0.2) is 47.1 Å². The van der Waals surface area contributed by atoms with Crippen LogP contribution in [-0.2, 0) is 16.0 Å². The fraction of sp³-hybridized carbons (Fsp3) is 0.522. The van der Waals surface area contributed by atoms with Crippen LogP contribution >= 0.6 is 0 Å². The van der Waals surface area contributed by atoms with E-state index in [2.05, 4.69) is 32.3 Å². The molecule has 0 unspecified atom stereocenters. The Labute approximate surface area is 172 Å². The first kappa shape index (κ1) is 19.8. The standard InChI is InChI=1S/C23H30N4O2/c28-23(20-9-15-29-16-10-20)27-13-7-18(8-14-27)4-5-19-6-12-25-22(17-19)26-21-3-1-2-11-24-21/h1-3,6,11-12,17-18,20H,4-5,7-10,13-16H2,(H,24,25,26). The molecule has 0 aromatic carbocycles. The van der Waals surface area contributed by atoms with Crippen molar-refractivity contribution in [3.05, 3.63) is 48.3 Å². The van der Waals surface area contributed by atoms with Gasteiger partial charge >= 0.3 is 0 Å². The summed E-state index contributed by atoms with van der Waals surface area (Å²) in [5.74, 6) is 2.86. The van der Waals surface area contributed by atoms with Crippen molar-refractivity contribution in [2.24, 2.45) is 11.8 Å². The van der Waals surface area contributed by atoms with Crippen molar-refractivity contribution in [3.8, 4) is 0 Å². The van der Waals surface area contributed by atoms with E-state index in [0.29, 0.717) is 11.8 Å². The smallest absolute Gasteiger partial charge is 0.225 e. The lowest BCUT2D eigenvalue weighted by Gasteiger charge is -2.35. The molecule has 2 aromatic rings. The maximum Gasteiger partial charge on any atom is 0.225 e. The highest BCUT2D eigenvalue weighted by Gasteiger charge is 2.29. The lowest BCUT2D eigenvalue weighted by atomic mass is 9.89. The lowest BCUT2D eigenvalue weighted by molar-refractivity contribution is -0.140. The van der Waals surface area contributed by atoms with Crippen molar-refractivity contribution in [2.75, 3.05) is 31.6 Å². The highest BCUT2D eigenvalue weighted by molar-refractivity contribution is 5.79. The Morgan fingerprint density at radius 1 is 1.03 bits per heavy atom. The van der Waals surface area contributed by atoms with Crippen molar-refractivity contribution in [1.29, 1.82) is 0 Å². The van der Waals surface area contributed by atoms with Crippen LogP contribution in [0.1, 0.15) is 37.7 Å². The summed E-state index contributed by atoms with van der Waals surface area (Å²) in [5.41, 5.74) is 1.29. The van der Waals surface area contributed by atoms with Crippen molar-refractivity contribution in [1.82, 2.24) is 14.9 Å². The number of nitrogens with zero attached hydrogens (tertiary/aromatic N) is 3. The fourth-order valence-corrected chi connectivity index (χ4v) is 4.28. The Morgan fingerprint density at radius 3 is 2.59 bits per heavy atom. The molecule has 6 nitrogen and oxygen atoms in total. The Hall–Kier alpha value is -2.47. The van der Waals surface area contributed by atoms with E-state index in [1.54, 1.807) is 6.20 Å². The van der Waals surface area contributed by atoms with Crippen LogP contribution < -0.4 is 5.32 Å². The molecule has 1 N–H and O–H groups in total. The number of ether oxygens (including phenoxy) is 1. The van der Waals surface area contributed by atoms with Crippen molar-refractivity contribution in [3.63, 3.8) is 0 Å². The van der Waals surface area contributed by atoms with Gasteiger partial charge in [0.1, 0.15) is 11.6 Å². The van der Waals surface area contributed by atoms with E-state index in [9.17, 15) is 4.79 Å². The highest BCUT2D eigenvalue weighted by atomic mass is 16.5. The van der Waals surface area contributed by atoms with Gasteiger partial charge in [-0.15, -0.1) is 0 Å². The van der Waals surface area contributed by atoms with Crippen LogP contribution in [0.25, 0.3) is 0 Å². The van der Waals surface area contributed by atoms with Crippen molar-refractivity contribution < 1.29 is 9.53 Å². The van der Waals surface area contributed by atoms with Gasteiger partial charge in [-0.05, 0) is 74.3 Å². The number of hydrogen-bond donors (Lipinski definition) is 1. The minimum absolute atomic E-state index is 0.183. The zero-order chi connectivity index (χ0) is 19.9. The van der Waals surface area contributed by atoms with Gasteiger partial charge in [0, 0.05) is 44.6 Å². The average Bonchev–Trinajstić information content (AvgIpc) is 2.79. The van der Waals surface area contributed by atoms with Gasteiger partial charge in [-0.2, -0.15) is 0 Å². The van der Waals surface area contributed by atoms with Crippen LogP contribution in [0.15, 0.2) is 42.7 Å². The van der Waals surface area contributed by atoms with E-state index in [4.69, 9.17) is 4.74 Å². The minimum Gasteiger partial charge on any atom is -0.381 e. The number of aromatic nitrogens is 2. The van der Waals surface area contributed by atoms with Crippen LogP contribution in [0.2, 0.25) is 0 Å². The molecule has 0 bridgehead atoms. The van der Waals surface area contributed by atoms with E-state index in [1.165, 1.54) is 5.56 Å². The van der Waals surface area contributed by atoms with Crippen LogP contribution in [0.4, 0.5) is 11.6 Å². The number of nitrogens with one attached hydrogen (secondary N) is 1. The predicted molar refractivity (Wildman–Crippen MR) is 113 cm³/mol. The number of hydrogen-bond acceptors (Lipinski definition) is 5. The van der Waals surface area contributed by atoms with Crippen LogP contribution in [0.5, 0.6) is 0 Å². The van der Waals surface area contributed by atoms with Crippen molar-refractivity contribution >= 4 is 17.5 Å². The molecule has 6 heteroatoms. The number of pyridine rings is 2. The molecule has 29 heavy (non-hydrogen) atoms. The number of aryl methyl sites for hydroxylation is 1. The molecule has 0 spiro atoms.